The summed E-state index contributed by atoms with van der Waals surface area (Å²) in [5, 5.41) is 9.10. The lowest BCUT2D eigenvalue weighted by Gasteiger charge is -2.27. The van der Waals surface area contributed by atoms with E-state index in [-0.39, 0.29) is 30.3 Å². The van der Waals surface area contributed by atoms with E-state index in [0.29, 0.717) is 32.7 Å². The van der Waals surface area contributed by atoms with E-state index in [2.05, 4.69) is 0 Å². The third kappa shape index (κ3) is 4.68. The Morgan fingerprint density at radius 2 is 1.92 bits per heavy atom. The molecule has 144 valence electrons. The topological polar surface area (TPSA) is 70.1 Å². The van der Waals surface area contributed by atoms with Gasteiger partial charge < -0.3 is 14.7 Å². The minimum atomic E-state index is -0.761. The van der Waals surface area contributed by atoms with Gasteiger partial charge >= 0.3 is 5.97 Å². The van der Waals surface area contributed by atoms with Gasteiger partial charge in [-0.1, -0.05) is 12.1 Å². The molecular formula is C19H27ClN2O4. The number of likely N-dealkylation sites (tertiary alicyclic amines) is 2. The van der Waals surface area contributed by atoms with Crippen molar-refractivity contribution in [3.8, 4) is 5.75 Å². The first-order valence-electron chi connectivity index (χ1n) is 9.06. The first kappa shape index (κ1) is 20.5. The molecule has 1 aromatic carbocycles. The van der Waals surface area contributed by atoms with Crippen LogP contribution in [0.5, 0.6) is 5.75 Å². The monoisotopic (exact) mass is 382 g/mol. The van der Waals surface area contributed by atoms with Crippen molar-refractivity contribution in [3.63, 3.8) is 0 Å². The zero-order valence-electron chi connectivity index (χ0n) is 15.1. The van der Waals surface area contributed by atoms with Crippen molar-refractivity contribution in [3.05, 3.63) is 29.8 Å². The molecule has 1 aromatic rings. The summed E-state index contributed by atoms with van der Waals surface area (Å²) in [5.74, 6) is -0.155. The molecule has 0 radical (unpaired) electrons. The van der Waals surface area contributed by atoms with Crippen LogP contribution < -0.4 is 4.74 Å². The van der Waals surface area contributed by atoms with Crippen LogP contribution in [-0.2, 0) is 9.59 Å². The van der Waals surface area contributed by atoms with Crippen molar-refractivity contribution in [1.29, 1.82) is 0 Å². The third-order valence-electron chi connectivity index (χ3n) is 5.13. The summed E-state index contributed by atoms with van der Waals surface area (Å²) in [7, 11) is 0. The van der Waals surface area contributed by atoms with Gasteiger partial charge in [-0.3, -0.25) is 14.5 Å². The summed E-state index contributed by atoms with van der Waals surface area (Å²) < 4.78 is 5.48. The number of carbonyl (C=O) groups is 2. The molecule has 2 aliphatic heterocycles. The molecule has 2 atom stereocenters. The normalized spacial score (nSPS) is 22.9. The number of benzene rings is 1. The molecule has 2 saturated heterocycles. The maximum absolute atomic E-state index is 12.7. The van der Waals surface area contributed by atoms with Crippen molar-refractivity contribution in [1.82, 2.24) is 9.80 Å². The second-order valence-electron chi connectivity index (χ2n) is 6.81. The molecule has 3 rings (SSSR count). The highest BCUT2D eigenvalue weighted by atomic mass is 35.5. The molecule has 2 heterocycles. The smallest absolute Gasteiger partial charge is 0.307 e. The second-order valence-corrected chi connectivity index (χ2v) is 6.81. The number of aliphatic carboxylic acids is 1. The van der Waals surface area contributed by atoms with Gasteiger partial charge in [0.05, 0.1) is 25.1 Å². The average molecular weight is 383 g/mol. The van der Waals surface area contributed by atoms with E-state index < -0.39 is 5.97 Å². The number of hydrogen-bond acceptors (Lipinski definition) is 4. The van der Waals surface area contributed by atoms with Gasteiger partial charge in [0.2, 0.25) is 5.91 Å². The maximum Gasteiger partial charge on any atom is 0.307 e. The molecule has 0 aliphatic carbocycles. The third-order valence-corrected chi connectivity index (χ3v) is 5.13. The highest BCUT2D eigenvalue weighted by Gasteiger charge is 2.33. The van der Waals surface area contributed by atoms with Crippen molar-refractivity contribution in [2.45, 2.75) is 32.2 Å². The van der Waals surface area contributed by atoms with Crippen LogP contribution in [0, 0.1) is 5.92 Å². The number of carboxylic acid groups (broad SMARTS) is 1. The number of nitrogens with zero attached hydrogens (tertiary/aromatic N) is 2. The quantitative estimate of drug-likeness (QED) is 0.818. The minimum absolute atomic E-state index is 0. The van der Waals surface area contributed by atoms with Crippen molar-refractivity contribution in [2.24, 2.45) is 5.92 Å². The van der Waals surface area contributed by atoms with Crippen LogP contribution in [0.15, 0.2) is 24.3 Å². The summed E-state index contributed by atoms with van der Waals surface area (Å²) in [4.78, 5) is 27.7. The second kappa shape index (κ2) is 9.24. The minimum Gasteiger partial charge on any atom is -0.494 e. The molecule has 0 spiro atoms. The van der Waals surface area contributed by atoms with Crippen molar-refractivity contribution in [2.75, 3.05) is 32.8 Å². The Labute approximate surface area is 160 Å². The fourth-order valence-electron chi connectivity index (χ4n) is 3.82. The number of carboxylic acids is 1. The number of halogens is 1. The Morgan fingerprint density at radius 1 is 1.19 bits per heavy atom. The van der Waals surface area contributed by atoms with Crippen LogP contribution in [0.1, 0.15) is 37.8 Å². The Kier molecular flexibility index (Phi) is 7.29. The van der Waals surface area contributed by atoms with E-state index in [1.165, 1.54) is 0 Å². The van der Waals surface area contributed by atoms with Crippen LogP contribution >= 0.6 is 12.4 Å². The molecule has 2 fully saturated rings. The number of hydrogen-bond donors (Lipinski definition) is 1. The molecular weight excluding hydrogens is 356 g/mol. The van der Waals surface area contributed by atoms with E-state index in [9.17, 15) is 9.59 Å². The number of amides is 1. The van der Waals surface area contributed by atoms with E-state index in [4.69, 9.17) is 9.84 Å². The summed E-state index contributed by atoms with van der Waals surface area (Å²) in [5.41, 5.74) is 1.14. The predicted octanol–water partition coefficient (Wildman–Crippen LogP) is 2.58. The predicted molar refractivity (Wildman–Crippen MR) is 101 cm³/mol. The molecule has 0 saturated carbocycles. The highest BCUT2D eigenvalue weighted by molar-refractivity contribution is 5.85. The fraction of sp³-hybridized carbons (Fsp3) is 0.579. The standard InChI is InChI=1S/C19H26N2O4.ClH/c1-2-25-16-7-5-14(6-8-16)17-4-3-10-21(17)18(22)13-20-11-9-15(12-20)19(23)24;/h5-8,15,17H,2-4,9-13H2,1H3,(H,23,24);1H. The van der Waals surface area contributed by atoms with Gasteiger partial charge in [0, 0.05) is 13.1 Å². The molecule has 1 amide bonds. The van der Waals surface area contributed by atoms with Gasteiger partial charge in [0.1, 0.15) is 5.75 Å². The Hall–Kier alpha value is -1.79. The maximum atomic E-state index is 12.7. The van der Waals surface area contributed by atoms with E-state index in [1.54, 1.807) is 0 Å². The van der Waals surface area contributed by atoms with Crippen LogP contribution in [0.3, 0.4) is 0 Å². The molecule has 7 heteroatoms. The van der Waals surface area contributed by atoms with Crippen LogP contribution in [0.4, 0.5) is 0 Å². The Balaban J connectivity index is 0.00000243. The highest BCUT2D eigenvalue weighted by Crippen LogP contribution is 2.33. The van der Waals surface area contributed by atoms with E-state index in [1.807, 2.05) is 41.0 Å². The van der Waals surface area contributed by atoms with Gasteiger partial charge in [-0.15, -0.1) is 12.4 Å². The molecule has 2 unspecified atom stereocenters. The number of ether oxygens (including phenoxy) is 1. The van der Waals surface area contributed by atoms with E-state index in [0.717, 1.165) is 30.7 Å². The summed E-state index contributed by atoms with van der Waals surface area (Å²) >= 11 is 0. The SMILES string of the molecule is CCOc1ccc(C2CCCN2C(=O)CN2CCC(C(=O)O)C2)cc1.Cl. The van der Waals surface area contributed by atoms with E-state index >= 15 is 0 Å². The molecule has 0 aromatic heterocycles. The average Bonchev–Trinajstić information content (AvgIpc) is 3.25. The summed E-state index contributed by atoms with van der Waals surface area (Å²) in [6.45, 7) is 4.84. The first-order chi connectivity index (χ1) is 12.1. The van der Waals surface area contributed by atoms with Crippen LogP contribution in [0.25, 0.3) is 0 Å². The molecule has 6 nitrogen and oxygen atoms in total. The molecule has 1 N–H and O–H groups in total. The zero-order valence-corrected chi connectivity index (χ0v) is 15.9. The molecule has 2 aliphatic rings. The lowest BCUT2D eigenvalue weighted by Crippen LogP contribution is -2.39. The number of rotatable bonds is 6. The van der Waals surface area contributed by atoms with Crippen molar-refractivity contribution < 1.29 is 19.4 Å². The summed E-state index contributed by atoms with van der Waals surface area (Å²) in [6.07, 6.45) is 2.60. The van der Waals surface area contributed by atoms with Gasteiger partial charge in [-0.2, -0.15) is 0 Å². The van der Waals surface area contributed by atoms with Crippen molar-refractivity contribution >= 4 is 24.3 Å². The largest absolute Gasteiger partial charge is 0.494 e. The molecule has 0 bridgehead atoms. The summed E-state index contributed by atoms with van der Waals surface area (Å²) in [6, 6.07) is 8.10. The first-order valence-corrected chi connectivity index (χ1v) is 9.06. The Bertz CT molecular complexity index is 622. The number of carbonyl (C=O) groups excluding carboxylic acids is 1. The van der Waals surface area contributed by atoms with Crippen LogP contribution in [0.2, 0.25) is 0 Å². The Morgan fingerprint density at radius 3 is 2.54 bits per heavy atom. The molecule has 26 heavy (non-hydrogen) atoms. The van der Waals surface area contributed by atoms with Crippen LogP contribution in [-0.4, -0.2) is 59.6 Å². The van der Waals surface area contributed by atoms with Gasteiger partial charge in [0.25, 0.3) is 0 Å². The van der Waals surface area contributed by atoms with Gasteiger partial charge in [-0.25, -0.2) is 0 Å². The lowest BCUT2D eigenvalue weighted by molar-refractivity contribution is -0.141. The zero-order chi connectivity index (χ0) is 17.8. The fourth-order valence-corrected chi connectivity index (χ4v) is 3.82. The van der Waals surface area contributed by atoms with Gasteiger partial charge in [0.15, 0.2) is 0 Å². The van der Waals surface area contributed by atoms with Gasteiger partial charge in [-0.05, 0) is 50.4 Å². The lowest BCUT2D eigenvalue weighted by atomic mass is 10.0.